The van der Waals surface area contributed by atoms with Gasteiger partial charge in [-0.05, 0) is 49.8 Å². The lowest BCUT2D eigenvalue weighted by molar-refractivity contribution is -0.791. The van der Waals surface area contributed by atoms with Crippen molar-refractivity contribution in [2.75, 3.05) is 26.3 Å². The molecule has 18 nitrogen and oxygen atoms in total. The van der Waals surface area contributed by atoms with Gasteiger partial charge in [0.1, 0.15) is 35.3 Å². The number of fused-ring (bicyclic) bond motifs is 1. The molecule has 19 heteroatoms. The van der Waals surface area contributed by atoms with E-state index in [1.54, 1.807) is 11.6 Å². The third-order valence-corrected chi connectivity index (χ3v) is 9.66. The third-order valence-electron chi connectivity index (χ3n) is 7.76. The van der Waals surface area contributed by atoms with Crippen LogP contribution in [0.1, 0.15) is 50.8 Å². The lowest BCUT2D eigenvalue weighted by atomic mass is 9.92. The highest BCUT2D eigenvalue weighted by atomic mass is 32.2. The number of oxime groups is 1. The molecule has 0 radical (unpaired) electrons. The van der Waals surface area contributed by atoms with Gasteiger partial charge in [-0.2, -0.15) is 4.31 Å². The Labute approximate surface area is 262 Å². The third kappa shape index (κ3) is 7.20. The fourth-order valence-corrected chi connectivity index (χ4v) is 7.10. The van der Waals surface area contributed by atoms with Crippen LogP contribution in [0.15, 0.2) is 33.0 Å². The van der Waals surface area contributed by atoms with E-state index in [0.29, 0.717) is 48.4 Å². The molecule has 1 fully saturated rings. The quantitative estimate of drug-likeness (QED) is 0.103. The van der Waals surface area contributed by atoms with Crippen molar-refractivity contribution in [1.82, 2.24) is 18.8 Å². The summed E-state index contributed by atoms with van der Waals surface area (Å²) in [6.07, 6.45) is 2.15. The molecule has 1 aliphatic heterocycles. The molecule has 4 rings (SSSR count). The van der Waals surface area contributed by atoms with Crippen LogP contribution in [0.2, 0.25) is 0 Å². The van der Waals surface area contributed by atoms with Crippen molar-refractivity contribution in [3.05, 3.63) is 60.0 Å². The van der Waals surface area contributed by atoms with E-state index in [1.165, 1.54) is 28.7 Å². The first-order chi connectivity index (χ1) is 21.9. The molecule has 0 spiro atoms. The predicted molar refractivity (Wildman–Crippen MR) is 162 cm³/mol. The number of aromatic amines is 1. The first-order valence-electron chi connectivity index (χ1n) is 14.6. The second-order valence-corrected chi connectivity index (χ2v) is 12.6. The number of H-pyrrole nitrogens is 1. The van der Waals surface area contributed by atoms with Gasteiger partial charge in [0, 0.05) is 25.7 Å². The zero-order valence-corrected chi connectivity index (χ0v) is 26.3. The van der Waals surface area contributed by atoms with Gasteiger partial charge in [0.25, 0.3) is 15.7 Å². The van der Waals surface area contributed by atoms with Gasteiger partial charge < -0.3 is 29.2 Å². The van der Waals surface area contributed by atoms with E-state index in [1.807, 2.05) is 13.8 Å². The van der Waals surface area contributed by atoms with Crippen molar-refractivity contribution in [2.24, 2.45) is 18.1 Å². The largest absolute Gasteiger partial charge is 0.493 e. The van der Waals surface area contributed by atoms with Crippen LogP contribution in [0.5, 0.6) is 5.75 Å². The number of sulfonamides is 1. The normalized spacial score (nSPS) is 15.3. The highest BCUT2D eigenvalue weighted by molar-refractivity contribution is 7.89. The molecule has 2 aromatic heterocycles. The van der Waals surface area contributed by atoms with Crippen LogP contribution < -0.4 is 10.3 Å². The van der Waals surface area contributed by atoms with E-state index < -0.39 is 44.4 Å². The molecule has 0 bridgehead atoms. The number of hydrogen-bond donors (Lipinski definition) is 2. The molecular formula is C27H35N7O11S. The summed E-state index contributed by atoms with van der Waals surface area (Å²) in [6.45, 7) is 3.44. The average Bonchev–Trinajstić information content (AvgIpc) is 3.28. The molecule has 0 aliphatic carbocycles. The van der Waals surface area contributed by atoms with Gasteiger partial charge >= 0.3 is 0 Å². The van der Waals surface area contributed by atoms with Crippen LogP contribution in [0, 0.1) is 26.1 Å². The molecule has 0 saturated carbocycles. The minimum Gasteiger partial charge on any atom is -0.493 e. The van der Waals surface area contributed by atoms with Gasteiger partial charge in [0.2, 0.25) is 10.0 Å². The second-order valence-electron chi connectivity index (χ2n) is 10.7. The Morgan fingerprint density at radius 2 is 1.91 bits per heavy atom. The Balaban J connectivity index is 1.71. The lowest BCUT2D eigenvalue weighted by Gasteiger charge is -2.34. The van der Waals surface area contributed by atoms with Crippen molar-refractivity contribution in [3.63, 3.8) is 0 Å². The van der Waals surface area contributed by atoms with E-state index in [0.717, 1.165) is 0 Å². The number of aromatic nitrogens is 3. The summed E-state index contributed by atoms with van der Waals surface area (Å²) >= 11 is 0. The summed E-state index contributed by atoms with van der Waals surface area (Å²) in [5, 5.41) is 31.8. The van der Waals surface area contributed by atoms with E-state index >= 15 is 0 Å². The zero-order chi connectivity index (χ0) is 33.6. The van der Waals surface area contributed by atoms with Crippen molar-refractivity contribution >= 4 is 27.3 Å². The molecule has 1 aromatic carbocycles. The van der Waals surface area contributed by atoms with Gasteiger partial charge in [0.15, 0.2) is 0 Å². The van der Waals surface area contributed by atoms with Gasteiger partial charge in [-0.15, -0.1) is 20.2 Å². The second kappa shape index (κ2) is 14.5. The smallest absolute Gasteiger partial charge is 0.294 e. The Kier molecular flexibility index (Phi) is 10.8. The number of benzene rings is 1. The number of ether oxygens (including phenoxy) is 1. The van der Waals surface area contributed by atoms with E-state index in [4.69, 9.17) is 9.72 Å². The van der Waals surface area contributed by atoms with E-state index in [9.17, 15) is 38.6 Å². The SMILES string of the molecule is CCCOc1ccc(S(=O)(=O)N2CCC(C(CO[N+](=O)[O-])O[N+](=O)[O-])CC2)cc1-c1nc2c(CCC)c(/C=N/O)n(C)c2c(=O)[nH]1. The van der Waals surface area contributed by atoms with Crippen LogP contribution in [0.4, 0.5) is 0 Å². The zero-order valence-electron chi connectivity index (χ0n) is 25.4. The maximum Gasteiger partial charge on any atom is 0.294 e. The molecule has 250 valence electrons. The van der Waals surface area contributed by atoms with Crippen molar-refractivity contribution < 1.29 is 38.2 Å². The molecule has 3 heterocycles. The molecule has 1 atom stereocenters. The topological polar surface area (TPSA) is 235 Å². The fourth-order valence-electron chi connectivity index (χ4n) is 5.60. The van der Waals surface area contributed by atoms with Crippen LogP contribution in [-0.2, 0) is 33.2 Å². The molecular weight excluding hydrogens is 630 g/mol. The summed E-state index contributed by atoms with van der Waals surface area (Å²) in [5.74, 6) is -0.180. The Hall–Kier alpha value is -4.78. The molecule has 1 unspecified atom stereocenters. The first kappa shape index (κ1) is 34.1. The monoisotopic (exact) mass is 665 g/mol. The molecule has 0 amide bonds. The summed E-state index contributed by atoms with van der Waals surface area (Å²) in [6, 6.07) is 4.25. The van der Waals surface area contributed by atoms with E-state index in [-0.39, 0.29) is 47.7 Å². The lowest BCUT2D eigenvalue weighted by Crippen LogP contribution is -2.43. The minimum absolute atomic E-state index is 0.0346. The van der Waals surface area contributed by atoms with Crippen molar-refractivity contribution in [2.45, 2.75) is 57.0 Å². The van der Waals surface area contributed by atoms with Gasteiger partial charge in [0.05, 0.1) is 29.0 Å². The summed E-state index contributed by atoms with van der Waals surface area (Å²) in [4.78, 5) is 51.2. The van der Waals surface area contributed by atoms with Crippen molar-refractivity contribution in [3.8, 4) is 17.1 Å². The number of piperidine rings is 1. The van der Waals surface area contributed by atoms with Crippen LogP contribution in [0.3, 0.4) is 0 Å². The van der Waals surface area contributed by atoms with Gasteiger partial charge in [-0.1, -0.05) is 25.4 Å². The summed E-state index contributed by atoms with van der Waals surface area (Å²) in [7, 11) is -2.46. The summed E-state index contributed by atoms with van der Waals surface area (Å²) < 4.78 is 36.3. The van der Waals surface area contributed by atoms with Crippen LogP contribution >= 0.6 is 0 Å². The Morgan fingerprint density at radius 1 is 1.20 bits per heavy atom. The number of hydrogen-bond acceptors (Lipinski definition) is 13. The number of nitrogens with one attached hydrogen (secondary N) is 1. The Morgan fingerprint density at radius 3 is 2.52 bits per heavy atom. The van der Waals surface area contributed by atoms with Gasteiger partial charge in [-0.3, -0.25) is 4.79 Å². The fraction of sp³-hybridized carbons (Fsp3) is 0.519. The molecule has 3 aromatic rings. The Bertz CT molecular complexity index is 1780. The summed E-state index contributed by atoms with van der Waals surface area (Å²) in [5.41, 5.74) is 1.59. The van der Waals surface area contributed by atoms with E-state index in [2.05, 4.69) is 19.8 Å². The standard InChI is InChI=1S/C27H35N7O11S/c1-4-6-19-21(15-28-36)31(3)25-24(19)29-26(30-27(25)35)20-14-18(7-8-22(20)43-13-5-2)46(41,42)32-11-9-17(10-12-32)23(45-34(39)40)16-44-33(37)38/h7-8,14-15,17,23,36H,4-6,9-13,16H2,1-3H3,(H,29,30,35)/b28-15+. The van der Waals surface area contributed by atoms with Crippen LogP contribution in [0.25, 0.3) is 22.4 Å². The molecule has 2 N–H and O–H groups in total. The first-order valence-corrected chi connectivity index (χ1v) is 16.0. The maximum atomic E-state index is 13.8. The highest BCUT2D eigenvalue weighted by Crippen LogP contribution is 2.34. The highest BCUT2D eigenvalue weighted by Gasteiger charge is 2.35. The van der Waals surface area contributed by atoms with Crippen LogP contribution in [-0.4, -0.2) is 81.3 Å². The molecule has 1 aliphatic rings. The molecule has 1 saturated heterocycles. The van der Waals surface area contributed by atoms with Gasteiger partial charge in [-0.25, -0.2) is 13.4 Å². The number of nitrogens with zero attached hydrogens (tertiary/aromatic N) is 6. The predicted octanol–water partition coefficient (Wildman–Crippen LogP) is 2.66. The number of rotatable bonds is 15. The minimum atomic E-state index is -4.11. The van der Waals surface area contributed by atoms with Crippen molar-refractivity contribution in [1.29, 1.82) is 0 Å². The average molecular weight is 666 g/mol. The molecule has 46 heavy (non-hydrogen) atoms. The maximum absolute atomic E-state index is 13.8. The number of aryl methyl sites for hydroxylation is 2.